The molecule has 0 saturated carbocycles. The summed E-state index contributed by atoms with van der Waals surface area (Å²) in [6.07, 6.45) is 2.92. The molecule has 1 aromatic rings. The Balaban J connectivity index is 1.87. The van der Waals surface area contributed by atoms with Crippen LogP contribution in [-0.2, 0) is 29.5 Å². The van der Waals surface area contributed by atoms with Gasteiger partial charge < -0.3 is 15.0 Å². The molecule has 6 heteroatoms. The second-order valence-corrected chi connectivity index (χ2v) is 5.17. The molecule has 0 radical (unpaired) electrons. The van der Waals surface area contributed by atoms with Crippen molar-refractivity contribution in [1.82, 2.24) is 20.0 Å². The van der Waals surface area contributed by atoms with Gasteiger partial charge in [0.2, 0.25) is 5.91 Å². The van der Waals surface area contributed by atoms with E-state index in [0.717, 1.165) is 17.7 Å². The summed E-state index contributed by atoms with van der Waals surface area (Å²) in [5, 5.41) is 7.71. The maximum absolute atomic E-state index is 12.3. The van der Waals surface area contributed by atoms with Crippen molar-refractivity contribution in [2.75, 3.05) is 26.3 Å². The molecule has 1 saturated heterocycles. The third-order valence-electron chi connectivity index (χ3n) is 3.62. The van der Waals surface area contributed by atoms with E-state index >= 15 is 0 Å². The summed E-state index contributed by atoms with van der Waals surface area (Å²) < 4.78 is 7.09. The molecule has 1 unspecified atom stereocenters. The summed E-state index contributed by atoms with van der Waals surface area (Å²) in [4.78, 5) is 14.1. The van der Waals surface area contributed by atoms with Gasteiger partial charge in [-0.2, -0.15) is 5.10 Å². The lowest BCUT2D eigenvalue weighted by Gasteiger charge is -2.29. The van der Waals surface area contributed by atoms with E-state index in [9.17, 15) is 4.79 Å². The minimum Gasteiger partial charge on any atom is -0.378 e. The number of nitrogens with one attached hydrogen (secondary N) is 1. The first-order valence-corrected chi connectivity index (χ1v) is 7.23. The van der Waals surface area contributed by atoms with E-state index in [0.29, 0.717) is 32.8 Å². The first kappa shape index (κ1) is 15.0. The number of ether oxygens (including phenoxy) is 1. The molecule has 1 fully saturated rings. The fourth-order valence-corrected chi connectivity index (χ4v) is 2.44. The highest BCUT2D eigenvalue weighted by Gasteiger charge is 2.22. The van der Waals surface area contributed by atoms with Gasteiger partial charge >= 0.3 is 0 Å². The van der Waals surface area contributed by atoms with Crippen LogP contribution in [0.15, 0.2) is 6.20 Å². The van der Waals surface area contributed by atoms with E-state index in [1.165, 1.54) is 0 Å². The third-order valence-corrected chi connectivity index (χ3v) is 3.62. The van der Waals surface area contributed by atoms with E-state index in [2.05, 4.69) is 17.3 Å². The topological polar surface area (TPSA) is 59.4 Å². The molecule has 6 nitrogen and oxygen atoms in total. The zero-order valence-corrected chi connectivity index (χ0v) is 12.6. The predicted molar refractivity (Wildman–Crippen MR) is 76.3 cm³/mol. The molecule has 1 atom stereocenters. The van der Waals surface area contributed by atoms with Crippen LogP contribution in [0.2, 0.25) is 0 Å². The van der Waals surface area contributed by atoms with Crippen LogP contribution in [0.5, 0.6) is 0 Å². The van der Waals surface area contributed by atoms with Crippen molar-refractivity contribution in [3.63, 3.8) is 0 Å². The summed E-state index contributed by atoms with van der Waals surface area (Å²) in [7, 11) is 1.92. The quantitative estimate of drug-likeness (QED) is 0.844. The Morgan fingerprint density at radius 2 is 2.20 bits per heavy atom. The van der Waals surface area contributed by atoms with Gasteiger partial charge in [-0.3, -0.25) is 9.48 Å². The maximum Gasteiger partial charge on any atom is 0.239 e. The van der Waals surface area contributed by atoms with Crippen LogP contribution in [0.1, 0.15) is 25.1 Å². The Labute approximate surface area is 120 Å². The summed E-state index contributed by atoms with van der Waals surface area (Å²) in [5.41, 5.74) is 2.25. The van der Waals surface area contributed by atoms with Gasteiger partial charge in [-0.05, 0) is 13.3 Å². The van der Waals surface area contributed by atoms with Crippen molar-refractivity contribution >= 4 is 5.91 Å². The first-order valence-electron chi connectivity index (χ1n) is 7.23. The molecule has 0 bridgehead atoms. The Morgan fingerprint density at radius 1 is 1.50 bits per heavy atom. The van der Waals surface area contributed by atoms with Crippen LogP contribution in [0, 0.1) is 0 Å². The van der Waals surface area contributed by atoms with Gasteiger partial charge in [0.15, 0.2) is 0 Å². The second-order valence-electron chi connectivity index (χ2n) is 5.17. The lowest BCUT2D eigenvalue weighted by molar-refractivity contribution is -0.137. The lowest BCUT2D eigenvalue weighted by atomic mass is 10.2. The van der Waals surface area contributed by atoms with Gasteiger partial charge in [-0.15, -0.1) is 0 Å². The molecule has 1 aromatic heterocycles. The van der Waals surface area contributed by atoms with Crippen molar-refractivity contribution < 1.29 is 9.53 Å². The molecule has 1 aliphatic rings. The Bertz CT molecular complexity index is 452. The molecule has 0 aromatic carbocycles. The minimum absolute atomic E-state index is 0.148. The van der Waals surface area contributed by atoms with Gasteiger partial charge in [-0.25, -0.2) is 0 Å². The summed E-state index contributed by atoms with van der Waals surface area (Å²) >= 11 is 0. The SMILES string of the molecule is CCc1nn(C)cc1CNC(C)C(=O)N1CCOCC1. The number of hydrogen-bond acceptors (Lipinski definition) is 4. The molecule has 20 heavy (non-hydrogen) atoms. The van der Waals surface area contributed by atoms with Crippen LogP contribution < -0.4 is 5.32 Å². The van der Waals surface area contributed by atoms with Crippen LogP contribution in [0.3, 0.4) is 0 Å². The average Bonchev–Trinajstić information content (AvgIpc) is 2.85. The number of aryl methyl sites for hydroxylation is 2. The molecular weight excluding hydrogens is 256 g/mol. The van der Waals surface area contributed by atoms with Gasteiger partial charge in [0, 0.05) is 38.4 Å². The number of hydrogen-bond donors (Lipinski definition) is 1. The van der Waals surface area contributed by atoms with E-state index in [-0.39, 0.29) is 11.9 Å². The highest BCUT2D eigenvalue weighted by atomic mass is 16.5. The molecule has 0 aliphatic carbocycles. The highest BCUT2D eigenvalue weighted by Crippen LogP contribution is 2.08. The third kappa shape index (κ3) is 3.58. The molecule has 2 heterocycles. The summed E-state index contributed by atoms with van der Waals surface area (Å²) in [6, 6.07) is -0.182. The number of nitrogens with zero attached hydrogens (tertiary/aromatic N) is 3. The van der Waals surface area contributed by atoms with Gasteiger partial charge in [-0.1, -0.05) is 6.92 Å². The second kappa shape index (κ2) is 6.85. The van der Waals surface area contributed by atoms with Crippen LogP contribution in [0.25, 0.3) is 0 Å². The smallest absolute Gasteiger partial charge is 0.239 e. The molecule has 1 N–H and O–H groups in total. The Morgan fingerprint density at radius 3 is 2.85 bits per heavy atom. The lowest BCUT2D eigenvalue weighted by Crippen LogP contribution is -2.49. The zero-order valence-electron chi connectivity index (χ0n) is 12.6. The van der Waals surface area contributed by atoms with Crippen molar-refractivity contribution in [2.24, 2.45) is 7.05 Å². The number of morpholine rings is 1. The van der Waals surface area contributed by atoms with E-state index < -0.39 is 0 Å². The van der Waals surface area contributed by atoms with Crippen molar-refractivity contribution in [3.8, 4) is 0 Å². The number of rotatable bonds is 5. The molecular formula is C14H24N4O2. The molecule has 0 spiro atoms. The Hall–Kier alpha value is -1.40. The first-order chi connectivity index (χ1) is 9.61. The Kier molecular flexibility index (Phi) is 5.14. The molecule has 1 amide bonds. The zero-order chi connectivity index (χ0) is 14.5. The fourth-order valence-electron chi connectivity index (χ4n) is 2.44. The van der Waals surface area contributed by atoms with E-state index in [4.69, 9.17) is 4.74 Å². The van der Waals surface area contributed by atoms with Crippen LogP contribution in [-0.4, -0.2) is 52.9 Å². The number of aromatic nitrogens is 2. The van der Waals surface area contributed by atoms with E-state index in [1.54, 1.807) is 0 Å². The average molecular weight is 280 g/mol. The summed E-state index contributed by atoms with van der Waals surface area (Å²) in [6.45, 7) is 7.35. The van der Waals surface area contributed by atoms with Gasteiger partial charge in [0.05, 0.1) is 24.9 Å². The van der Waals surface area contributed by atoms with Crippen LogP contribution >= 0.6 is 0 Å². The van der Waals surface area contributed by atoms with Crippen molar-refractivity contribution in [1.29, 1.82) is 0 Å². The summed E-state index contributed by atoms with van der Waals surface area (Å²) in [5.74, 6) is 0.148. The largest absolute Gasteiger partial charge is 0.378 e. The van der Waals surface area contributed by atoms with Crippen molar-refractivity contribution in [2.45, 2.75) is 32.9 Å². The maximum atomic E-state index is 12.3. The number of amides is 1. The minimum atomic E-state index is -0.182. The highest BCUT2D eigenvalue weighted by molar-refractivity contribution is 5.81. The van der Waals surface area contributed by atoms with Gasteiger partial charge in [0.1, 0.15) is 0 Å². The monoisotopic (exact) mass is 280 g/mol. The molecule has 2 rings (SSSR count). The normalized spacial score (nSPS) is 17.2. The fraction of sp³-hybridized carbons (Fsp3) is 0.714. The molecule has 1 aliphatic heterocycles. The number of carbonyl (C=O) groups is 1. The standard InChI is InChI=1S/C14H24N4O2/c1-4-13-12(10-17(3)16-13)9-15-11(2)14(19)18-5-7-20-8-6-18/h10-11,15H,4-9H2,1-3H3. The van der Waals surface area contributed by atoms with Crippen LogP contribution in [0.4, 0.5) is 0 Å². The molecule has 112 valence electrons. The van der Waals surface area contributed by atoms with Gasteiger partial charge in [0.25, 0.3) is 0 Å². The predicted octanol–water partition coefficient (Wildman–Crippen LogP) is 0.319. The van der Waals surface area contributed by atoms with E-state index in [1.807, 2.05) is 29.7 Å². The van der Waals surface area contributed by atoms with Crippen molar-refractivity contribution in [3.05, 3.63) is 17.5 Å². The number of carbonyl (C=O) groups excluding carboxylic acids is 1.